The Morgan fingerprint density at radius 2 is 2.25 bits per heavy atom. The Morgan fingerprint density at radius 3 is 2.85 bits per heavy atom. The second-order valence-electron chi connectivity index (χ2n) is 5.53. The number of carbonyl (C=O) groups is 1. The van der Waals surface area contributed by atoms with Crippen molar-refractivity contribution in [1.29, 1.82) is 0 Å². The molecule has 0 amide bonds. The smallest absolute Gasteiger partial charge is 0.341 e. The maximum Gasteiger partial charge on any atom is 0.341 e. The number of aromatic nitrogens is 2. The van der Waals surface area contributed by atoms with Gasteiger partial charge in [-0.1, -0.05) is 6.92 Å². The molecular formula is C15H25N3O2. The van der Waals surface area contributed by atoms with E-state index in [1.165, 1.54) is 12.8 Å². The molecule has 2 rings (SSSR count). The maximum atomic E-state index is 12.0. The molecule has 1 aromatic heterocycles. The zero-order valence-electron chi connectivity index (χ0n) is 12.8. The van der Waals surface area contributed by atoms with Gasteiger partial charge in [0.15, 0.2) is 0 Å². The quantitative estimate of drug-likeness (QED) is 0.685. The van der Waals surface area contributed by atoms with E-state index < -0.39 is 0 Å². The fourth-order valence-electron chi connectivity index (χ4n) is 2.46. The monoisotopic (exact) mass is 279 g/mol. The fraction of sp³-hybridized carbons (Fsp3) is 0.733. The third-order valence-electron chi connectivity index (χ3n) is 3.68. The largest absolute Gasteiger partial charge is 0.462 e. The summed E-state index contributed by atoms with van der Waals surface area (Å²) in [6.07, 6.45) is 5.43. The maximum absolute atomic E-state index is 12.0. The highest BCUT2D eigenvalue weighted by Crippen LogP contribution is 2.30. The number of esters is 1. The molecule has 0 spiro atoms. The zero-order chi connectivity index (χ0) is 14.5. The molecule has 112 valence electrons. The number of ether oxygens (including phenoxy) is 1. The molecule has 5 nitrogen and oxygen atoms in total. The van der Waals surface area contributed by atoms with E-state index in [1.54, 1.807) is 10.9 Å². The van der Waals surface area contributed by atoms with Crippen molar-refractivity contribution in [2.75, 3.05) is 19.7 Å². The summed E-state index contributed by atoms with van der Waals surface area (Å²) >= 11 is 0. The van der Waals surface area contributed by atoms with Crippen LogP contribution in [0.15, 0.2) is 6.20 Å². The van der Waals surface area contributed by atoms with E-state index in [0.29, 0.717) is 12.2 Å². The lowest BCUT2D eigenvalue weighted by Crippen LogP contribution is -2.28. The third-order valence-corrected chi connectivity index (χ3v) is 3.68. The molecule has 0 aromatic carbocycles. The van der Waals surface area contributed by atoms with Gasteiger partial charge in [-0.2, -0.15) is 5.10 Å². The Morgan fingerprint density at radius 1 is 1.50 bits per heavy atom. The van der Waals surface area contributed by atoms with E-state index in [4.69, 9.17) is 4.74 Å². The van der Waals surface area contributed by atoms with Gasteiger partial charge in [-0.05, 0) is 38.6 Å². The van der Waals surface area contributed by atoms with Crippen LogP contribution < -0.4 is 0 Å². The van der Waals surface area contributed by atoms with Gasteiger partial charge >= 0.3 is 5.97 Å². The summed E-state index contributed by atoms with van der Waals surface area (Å²) in [4.78, 5) is 14.4. The van der Waals surface area contributed by atoms with E-state index in [2.05, 4.69) is 16.9 Å². The van der Waals surface area contributed by atoms with Crippen molar-refractivity contribution >= 4 is 5.97 Å². The van der Waals surface area contributed by atoms with Gasteiger partial charge in [-0.15, -0.1) is 0 Å². The second kappa shape index (κ2) is 6.88. The summed E-state index contributed by atoms with van der Waals surface area (Å²) in [6, 6.07) is 0. The molecule has 1 aliphatic carbocycles. The molecule has 1 heterocycles. The number of aryl methyl sites for hydroxylation is 1. The lowest BCUT2D eigenvalue weighted by Gasteiger charge is -2.22. The standard InChI is InChI=1S/C15H25N3O2/c1-4-8-18(10-12-6-7-12)11-14-13(9-16-17(14)3)15(19)20-5-2/h9,12H,4-8,10-11H2,1-3H3. The van der Waals surface area contributed by atoms with Gasteiger partial charge in [-0.3, -0.25) is 9.58 Å². The first-order chi connectivity index (χ1) is 9.65. The first kappa shape index (κ1) is 15.0. The van der Waals surface area contributed by atoms with Crippen molar-refractivity contribution in [3.05, 3.63) is 17.5 Å². The van der Waals surface area contributed by atoms with Gasteiger partial charge < -0.3 is 4.74 Å². The average Bonchev–Trinajstić information content (AvgIpc) is 3.15. The van der Waals surface area contributed by atoms with Crippen LogP contribution in [0.3, 0.4) is 0 Å². The predicted molar refractivity (Wildman–Crippen MR) is 77.5 cm³/mol. The summed E-state index contributed by atoms with van der Waals surface area (Å²) in [5.74, 6) is 0.583. The Hall–Kier alpha value is -1.36. The molecule has 0 bridgehead atoms. The normalized spacial score (nSPS) is 14.8. The fourth-order valence-corrected chi connectivity index (χ4v) is 2.46. The van der Waals surface area contributed by atoms with Gasteiger partial charge in [0.05, 0.1) is 18.5 Å². The van der Waals surface area contributed by atoms with E-state index in [-0.39, 0.29) is 5.97 Å². The molecule has 0 radical (unpaired) electrons. The number of hydrogen-bond acceptors (Lipinski definition) is 4. The van der Waals surface area contributed by atoms with Crippen molar-refractivity contribution in [3.8, 4) is 0 Å². The topological polar surface area (TPSA) is 47.4 Å². The van der Waals surface area contributed by atoms with Gasteiger partial charge in [0.2, 0.25) is 0 Å². The zero-order valence-corrected chi connectivity index (χ0v) is 12.8. The highest BCUT2D eigenvalue weighted by molar-refractivity contribution is 5.90. The Bertz CT molecular complexity index is 452. The van der Waals surface area contributed by atoms with Crippen molar-refractivity contribution in [2.45, 2.75) is 39.7 Å². The molecule has 1 saturated carbocycles. The minimum atomic E-state index is -0.265. The molecule has 5 heteroatoms. The second-order valence-corrected chi connectivity index (χ2v) is 5.53. The first-order valence-corrected chi connectivity index (χ1v) is 7.56. The predicted octanol–water partition coefficient (Wildman–Crippen LogP) is 2.22. The SMILES string of the molecule is CCCN(Cc1c(C(=O)OCC)cnn1C)CC1CC1. The number of hydrogen-bond donors (Lipinski definition) is 0. The van der Waals surface area contributed by atoms with Crippen LogP contribution in [0.25, 0.3) is 0 Å². The molecule has 1 aliphatic rings. The molecule has 1 aromatic rings. The van der Waals surface area contributed by atoms with Crippen molar-refractivity contribution < 1.29 is 9.53 Å². The Balaban J connectivity index is 2.08. The summed E-state index contributed by atoms with van der Waals surface area (Å²) in [6.45, 7) is 7.37. The van der Waals surface area contributed by atoms with Crippen LogP contribution in [0.2, 0.25) is 0 Å². The number of carbonyl (C=O) groups excluding carboxylic acids is 1. The van der Waals surface area contributed by atoms with Gasteiger partial charge in [0, 0.05) is 20.1 Å². The highest BCUT2D eigenvalue weighted by Gasteiger charge is 2.26. The average molecular weight is 279 g/mol. The summed E-state index contributed by atoms with van der Waals surface area (Å²) in [7, 11) is 1.89. The lowest BCUT2D eigenvalue weighted by atomic mass is 10.2. The third kappa shape index (κ3) is 3.82. The number of nitrogens with zero attached hydrogens (tertiary/aromatic N) is 3. The molecule has 0 N–H and O–H groups in total. The minimum Gasteiger partial charge on any atom is -0.462 e. The van der Waals surface area contributed by atoms with Crippen LogP contribution in [0, 0.1) is 5.92 Å². The van der Waals surface area contributed by atoms with Crippen molar-refractivity contribution in [1.82, 2.24) is 14.7 Å². The van der Waals surface area contributed by atoms with Crippen LogP contribution in [-0.4, -0.2) is 40.3 Å². The van der Waals surface area contributed by atoms with E-state index in [0.717, 1.165) is 37.7 Å². The molecular weight excluding hydrogens is 254 g/mol. The molecule has 20 heavy (non-hydrogen) atoms. The molecule has 0 atom stereocenters. The van der Waals surface area contributed by atoms with Crippen molar-refractivity contribution in [2.24, 2.45) is 13.0 Å². The Labute approximate surface area is 120 Å². The van der Waals surface area contributed by atoms with Crippen LogP contribution in [-0.2, 0) is 18.3 Å². The van der Waals surface area contributed by atoms with Crippen LogP contribution >= 0.6 is 0 Å². The molecule has 1 fully saturated rings. The van der Waals surface area contributed by atoms with Gasteiger partial charge in [-0.25, -0.2) is 4.79 Å². The van der Waals surface area contributed by atoms with Crippen molar-refractivity contribution in [3.63, 3.8) is 0 Å². The highest BCUT2D eigenvalue weighted by atomic mass is 16.5. The van der Waals surface area contributed by atoms with Crippen LogP contribution in [0.1, 0.15) is 49.2 Å². The van der Waals surface area contributed by atoms with Crippen LogP contribution in [0.5, 0.6) is 0 Å². The van der Waals surface area contributed by atoms with E-state index in [1.807, 2.05) is 14.0 Å². The molecule has 0 aliphatic heterocycles. The van der Waals surface area contributed by atoms with Gasteiger partial charge in [0.25, 0.3) is 0 Å². The molecule has 0 saturated heterocycles. The van der Waals surface area contributed by atoms with Gasteiger partial charge in [0.1, 0.15) is 5.56 Å². The summed E-state index contributed by atoms with van der Waals surface area (Å²) in [5.41, 5.74) is 1.56. The van der Waals surface area contributed by atoms with E-state index >= 15 is 0 Å². The summed E-state index contributed by atoms with van der Waals surface area (Å²) in [5, 5.41) is 4.22. The van der Waals surface area contributed by atoms with E-state index in [9.17, 15) is 4.79 Å². The lowest BCUT2D eigenvalue weighted by molar-refractivity contribution is 0.0523. The minimum absolute atomic E-state index is 0.265. The first-order valence-electron chi connectivity index (χ1n) is 7.56. The Kier molecular flexibility index (Phi) is 5.17. The number of rotatable bonds is 8. The summed E-state index contributed by atoms with van der Waals surface area (Å²) < 4.78 is 6.90. The molecule has 0 unspecified atom stereocenters. The van der Waals surface area contributed by atoms with Crippen LogP contribution in [0.4, 0.5) is 0 Å².